The molecule has 0 aromatic heterocycles. The van der Waals surface area contributed by atoms with E-state index in [2.05, 4.69) is 0 Å². The van der Waals surface area contributed by atoms with Gasteiger partial charge in [-0.3, -0.25) is 0 Å². The highest BCUT2D eigenvalue weighted by molar-refractivity contribution is 7.91. The highest BCUT2D eigenvalue weighted by Gasteiger charge is 2.14. The molecule has 1 rings (SSSR count). The molecule has 0 radical (unpaired) electrons. The van der Waals surface area contributed by atoms with Gasteiger partial charge in [0.15, 0.2) is 9.84 Å². The van der Waals surface area contributed by atoms with E-state index in [1.807, 2.05) is 5.32 Å². The van der Waals surface area contributed by atoms with Crippen LogP contribution < -0.4 is 5.32 Å². The van der Waals surface area contributed by atoms with Crippen molar-refractivity contribution >= 4 is 15.9 Å². The van der Waals surface area contributed by atoms with Crippen LogP contribution in [-0.2, 0) is 9.84 Å². The third-order valence-electron chi connectivity index (χ3n) is 1.52. The first-order chi connectivity index (χ1) is 6.52. The zero-order chi connectivity index (χ0) is 10.6. The van der Waals surface area contributed by atoms with E-state index in [1.165, 1.54) is 12.1 Å². The molecular weight excluding hydrogens is 206 g/mol. The van der Waals surface area contributed by atoms with Crippen molar-refractivity contribution in [3.05, 3.63) is 30.3 Å². The summed E-state index contributed by atoms with van der Waals surface area (Å²) in [5.74, 6) is -0.605. The predicted molar refractivity (Wildman–Crippen MR) is 49.7 cm³/mol. The van der Waals surface area contributed by atoms with E-state index in [0.717, 1.165) is 0 Å². The largest absolute Gasteiger partial charge is 0.465 e. The van der Waals surface area contributed by atoms with E-state index >= 15 is 0 Å². The van der Waals surface area contributed by atoms with Gasteiger partial charge >= 0.3 is 6.09 Å². The lowest BCUT2D eigenvalue weighted by Gasteiger charge is -2.03. The molecule has 1 aromatic rings. The number of carbonyl (C=O) groups is 1. The number of rotatable bonds is 3. The minimum Gasteiger partial charge on any atom is -0.465 e. The smallest absolute Gasteiger partial charge is 0.405 e. The maximum absolute atomic E-state index is 11.4. The molecule has 0 bridgehead atoms. The number of benzene rings is 1. The summed E-state index contributed by atoms with van der Waals surface area (Å²) in [7, 11) is -3.55. The fraction of sp³-hybridized carbons (Fsp3) is 0.125. The minimum atomic E-state index is -3.55. The van der Waals surface area contributed by atoms with Crippen LogP contribution in [0.15, 0.2) is 35.2 Å². The molecule has 0 heterocycles. The second-order valence-electron chi connectivity index (χ2n) is 2.55. The SMILES string of the molecule is O=C(O)NCS(=O)(=O)c1ccccc1. The van der Waals surface area contributed by atoms with Crippen LogP contribution in [0.4, 0.5) is 4.79 Å². The van der Waals surface area contributed by atoms with Crippen molar-refractivity contribution in [3.8, 4) is 0 Å². The first-order valence-corrected chi connectivity index (χ1v) is 5.42. The Balaban J connectivity index is 2.82. The van der Waals surface area contributed by atoms with Crippen LogP contribution >= 0.6 is 0 Å². The molecular formula is C8H9NO4S. The van der Waals surface area contributed by atoms with E-state index in [-0.39, 0.29) is 4.90 Å². The number of hydrogen-bond donors (Lipinski definition) is 2. The second-order valence-corrected chi connectivity index (χ2v) is 4.54. The van der Waals surface area contributed by atoms with Crippen LogP contribution in [0.1, 0.15) is 0 Å². The summed E-state index contributed by atoms with van der Waals surface area (Å²) in [5, 5.41) is 10.1. The lowest BCUT2D eigenvalue weighted by atomic mass is 10.4. The monoisotopic (exact) mass is 215 g/mol. The summed E-state index contributed by atoms with van der Waals surface area (Å²) < 4.78 is 22.8. The molecule has 0 atom stereocenters. The maximum atomic E-state index is 11.4. The normalized spacial score (nSPS) is 10.9. The van der Waals surface area contributed by atoms with Crippen LogP contribution in [0, 0.1) is 0 Å². The van der Waals surface area contributed by atoms with Gasteiger partial charge in [0.2, 0.25) is 0 Å². The van der Waals surface area contributed by atoms with Gasteiger partial charge in [0, 0.05) is 0 Å². The van der Waals surface area contributed by atoms with Crippen molar-refractivity contribution in [1.29, 1.82) is 0 Å². The Morgan fingerprint density at radius 1 is 1.29 bits per heavy atom. The van der Waals surface area contributed by atoms with E-state index in [0.29, 0.717) is 0 Å². The third kappa shape index (κ3) is 2.74. The van der Waals surface area contributed by atoms with Gasteiger partial charge < -0.3 is 10.4 Å². The maximum Gasteiger partial charge on any atom is 0.405 e. The summed E-state index contributed by atoms with van der Waals surface area (Å²) in [4.78, 5) is 10.2. The summed E-state index contributed by atoms with van der Waals surface area (Å²) in [6.07, 6.45) is -1.36. The molecule has 0 aliphatic carbocycles. The summed E-state index contributed by atoms with van der Waals surface area (Å²) in [6, 6.07) is 7.67. The summed E-state index contributed by atoms with van der Waals surface area (Å²) >= 11 is 0. The van der Waals surface area contributed by atoms with Crippen molar-refractivity contribution < 1.29 is 18.3 Å². The molecule has 14 heavy (non-hydrogen) atoms. The zero-order valence-corrected chi connectivity index (χ0v) is 7.99. The Morgan fingerprint density at radius 2 is 1.86 bits per heavy atom. The molecule has 0 saturated carbocycles. The number of amides is 1. The summed E-state index contributed by atoms with van der Waals surface area (Å²) in [6.45, 7) is 0. The number of nitrogens with one attached hydrogen (secondary N) is 1. The molecule has 6 heteroatoms. The predicted octanol–water partition coefficient (Wildman–Crippen LogP) is 0.685. The van der Waals surface area contributed by atoms with Gasteiger partial charge in [-0.1, -0.05) is 18.2 Å². The van der Waals surface area contributed by atoms with Gasteiger partial charge in [-0.05, 0) is 12.1 Å². The molecule has 1 amide bonds. The average molecular weight is 215 g/mol. The standard InChI is InChI=1S/C8H9NO4S/c10-8(11)9-6-14(12,13)7-4-2-1-3-5-7/h1-5,9H,6H2,(H,10,11). The average Bonchev–Trinajstić information content (AvgIpc) is 2.16. The lowest BCUT2D eigenvalue weighted by Crippen LogP contribution is -2.27. The van der Waals surface area contributed by atoms with E-state index in [1.54, 1.807) is 18.2 Å². The topological polar surface area (TPSA) is 83.5 Å². The Hall–Kier alpha value is -1.56. The zero-order valence-electron chi connectivity index (χ0n) is 7.17. The molecule has 0 spiro atoms. The highest BCUT2D eigenvalue weighted by atomic mass is 32.2. The minimum absolute atomic E-state index is 0.105. The van der Waals surface area contributed by atoms with Gasteiger partial charge in [-0.25, -0.2) is 13.2 Å². The van der Waals surface area contributed by atoms with E-state index < -0.39 is 21.8 Å². The fourth-order valence-corrected chi connectivity index (χ4v) is 1.92. The van der Waals surface area contributed by atoms with Crippen molar-refractivity contribution in [2.24, 2.45) is 0 Å². The molecule has 76 valence electrons. The Kier molecular flexibility index (Phi) is 3.08. The molecule has 2 N–H and O–H groups in total. The van der Waals surface area contributed by atoms with Gasteiger partial charge in [0.1, 0.15) is 5.88 Å². The van der Waals surface area contributed by atoms with Crippen LogP contribution in [-0.4, -0.2) is 25.5 Å². The van der Waals surface area contributed by atoms with Gasteiger partial charge in [0.25, 0.3) is 0 Å². The molecule has 0 fully saturated rings. The molecule has 0 unspecified atom stereocenters. The van der Waals surface area contributed by atoms with Crippen LogP contribution in [0.2, 0.25) is 0 Å². The van der Waals surface area contributed by atoms with Gasteiger partial charge in [-0.2, -0.15) is 0 Å². The second kappa shape index (κ2) is 4.10. The molecule has 5 nitrogen and oxygen atoms in total. The fourth-order valence-electron chi connectivity index (χ4n) is 0.868. The molecule has 0 aliphatic heterocycles. The van der Waals surface area contributed by atoms with Gasteiger partial charge in [-0.15, -0.1) is 0 Å². The third-order valence-corrected chi connectivity index (χ3v) is 3.03. The first-order valence-electron chi connectivity index (χ1n) is 3.77. The molecule has 0 saturated heterocycles. The quantitative estimate of drug-likeness (QED) is 0.776. The van der Waals surface area contributed by atoms with E-state index in [4.69, 9.17) is 5.11 Å². The highest BCUT2D eigenvalue weighted by Crippen LogP contribution is 2.08. The molecule has 1 aromatic carbocycles. The Morgan fingerprint density at radius 3 is 2.36 bits per heavy atom. The number of hydrogen-bond acceptors (Lipinski definition) is 3. The number of carboxylic acid groups (broad SMARTS) is 1. The number of sulfone groups is 1. The first kappa shape index (κ1) is 10.5. The molecule has 0 aliphatic rings. The van der Waals surface area contributed by atoms with Gasteiger partial charge in [0.05, 0.1) is 4.90 Å². The van der Waals surface area contributed by atoms with Crippen molar-refractivity contribution in [2.75, 3.05) is 5.88 Å². The van der Waals surface area contributed by atoms with Crippen molar-refractivity contribution in [2.45, 2.75) is 4.90 Å². The van der Waals surface area contributed by atoms with Crippen LogP contribution in [0.25, 0.3) is 0 Å². The van der Waals surface area contributed by atoms with Crippen molar-refractivity contribution in [3.63, 3.8) is 0 Å². The summed E-state index contributed by atoms with van der Waals surface area (Å²) in [5.41, 5.74) is 0. The van der Waals surface area contributed by atoms with E-state index in [9.17, 15) is 13.2 Å². The van der Waals surface area contributed by atoms with Crippen LogP contribution in [0.3, 0.4) is 0 Å². The van der Waals surface area contributed by atoms with Crippen molar-refractivity contribution in [1.82, 2.24) is 5.32 Å². The Labute approximate surface area is 81.3 Å². The lowest BCUT2D eigenvalue weighted by molar-refractivity contribution is 0.196. The van der Waals surface area contributed by atoms with Crippen LogP contribution in [0.5, 0.6) is 0 Å². The Bertz CT molecular complexity index is 412.